The van der Waals surface area contributed by atoms with Crippen molar-refractivity contribution >= 4 is 29.1 Å². The minimum Gasteiger partial charge on any atom is -0.496 e. The molecule has 28 heavy (non-hydrogen) atoms. The number of methoxy groups -OCH3 is 1. The lowest BCUT2D eigenvalue weighted by molar-refractivity contribution is 0.0945. The summed E-state index contributed by atoms with van der Waals surface area (Å²) in [6.07, 6.45) is 0. The third-order valence-electron chi connectivity index (χ3n) is 3.93. The Balaban J connectivity index is 1.68. The van der Waals surface area contributed by atoms with E-state index >= 15 is 0 Å². The number of hydrogen-bond donors (Lipinski definition) is 2. The van der Waals surface area contributed by atoms with Gasteiger partial charge in [0.15, 0.2) is 0 Å². The van der Waals surface area contributed by atoms with E-state index in [1.165, 1.54) is 6.07 Å². The summed E-state index contributed by atoms with van der Waals surface area (Å²) < 4.78 is 5.27. The van der Waals surface area contributed by atoms with Crippen LogP contribution in [0.5, 0.6) is 5.75 Å². The average molecular weight is 396 g/mol. The highest BCUT2D eigenvalue weighted by Gasteiger charge is 2.13. The Labute approximate surface area is 167 Å². The maximum atomic E-state index is 12.4. The molecule has 0 bridgehead atoms. The van der Waals surface area contributed by atoms with E-state index in [1.54, 1.807) is 43.5 Å². The fourth-order valence-electron chi connectivity index (χ4n) is 2.56. The summed E-state index contributed by atoms with van der Waals surface area (Å²) in [6, 6.07) is 18.9. The Morgan fingerprint density at radius 2 is 1.68 bits per heavy atom. The molecular weight excluding hydrogens is 378 g/mol. The number of nitrogens with zero attached hydrogens (tertiary/aromatic N) is 1. The normalized spacial score (nSPS) is 10.2. The Hall–Kier alpha value is -3.38. The lowest BCUT2D eigenvalue weighted by Gasteiger charge is -2.10. The summed E-state index contributed by atoms with van der Waals surface area (Å²) in [4.78, 5) is 29.0. The van der Waals surface area contributed by atoms with E-state index in [1.807, 2.05) is 24.3 Å². The van der Waals surface area contributed by atoms with Crippen LogP contribution in [0.4, 0.5) is 5.69 Å². The molecule has 6 nitrogen and oxygen atoms in total. The second kappa shape index (κ2) is 9.01. The van der Waals surface area contributed by atoms with Crippen molar-refractivity contribution in [1.82, 2.24) is 10.3 Å². The van der Waals surface area contributed by atoms with Gasteiger partial charge in [-0.15, -0.1) is 0 Å². The number of nitrogens with one attached hydrogen (secondary N) is 2. The SMILES string of the molecule is COc1ccccc1CNC(=O)c1cccc(C(=O)Nc2cccc(Cl)c2)n1. The first kappa shape index (κ1) is 19.4. The van der Waals surface area contributed by atoms with Crippen LogP contribution in [0.3, 0.4) is 0 Å². The standard InChI is InChI=1S/C21H18ClN3O3/c1-28-19-11-3-2-6-14(19)13-23-20(26)17-9-5-10-18(25-17)21(27)24-16-8-4-7-15(22)12-16/h2-12H,13H2,1H3,(H,23,26)(H,24,27). The van der Waals surface area contributed by atoms with Gasteiger partial charge in [0.25, 0.3) is 11.8 Å². The van der Waals surface area contributed by atoms with Crippen LogP contribution >= 0.6 is 11.6 Å². The molecule has 0 aliphatic rings. The predicted octanol–water partition coefficient (Wildman–Crippen LogP) is 3.93. The van der Waals surface area contributed by atoms with Gasteiger partial charge in [0.1, 0.15) is 17.1 Å². The van der Waals surface area contributed by atoms with Gasteiger partial charge >= 0.3 is 0 Å². The zero-order valence-electron chi connectivity index (χ0n) is 15.1. The molecule has 0 aliphatic heterocycles. The fraction of sp³-hybridized carbons (Fsp3) is 0.0952. The number of ether oxygens (including phenoxy) is 1. The number of halogens is 1. The Kier molecular flexibility index (Phi) is 6.24. The molecule has 0 fully saturated rings. The number of anilines is 1. The largest absolute Gasteiger partial charge is 0.496 e. The minimum atomic E-state index is -0.429. The summed E-state index contributed by atoms with van der Waals surface area (Å²) in [5.41, 5.74) is 1.66. The highest BCUT2D eigenvalue weighted by Crippen LogP contribution is 2.17. The van der Waals surface area contributed by atoms with Crippen LogP contribution in [0.25, 0.3) is 0 Å². The molecule has 2 aromatic carbocycles. The van der Waals surface area contributed by atoms with Gasteiger partial charge in [-0.1, -0.05) is 41.9 Å². The molecule has 1 heterocycles. The molecule has 1 aromatic heterocycles. The van der Waals surface area contributed by atoms with Crippen molar-refractivity contribution in [2.75, 3.05) is 12.4 Å². The molecule has 0 atom stereocenters. The number of rotatable bonds is 6. The molecule has 2 amide bonds. The summed E-state index contributed by atoms with van der Waals surface area (Å²) in [5.74, 6) is -0.129. The molecule has 0 saturated carbocycles. The van der Waals surface area contributed by atoms with Crippen molar-refractivity contribution in [1.29, 1.82) is 0 Å². The first-order valence-corrected chi connectivity index (χ1v) is 8.88. The molecule has 0 spiro atoms. The third-order valence-corrected chi connectivity index (χ3v) is 4.16. The van der Waals surface area contributed by atoms with Crippen molar-refractivity contribution in [3.63, 3.8) is 0 Å². The first-order valence-electron chi connectivity index (χ1n) is 8.51. The zero-order valence-corrected chi connectivity index (χ0v) is 15.9. The van der Waals surface area contributed by atoms with Crippen molar-refractivity contribution in [3.8, 4) is 5.75 Å². The molecular formula is C21H18ClN3O3. The number of benzene rings is 2. The van der Waals surface area contributed by atoms with Gasteiger partial charge in [-0.3, -0.25) is 9.59 Å². The van der Waals surface area contributed by atoms with Gasteiger partial charge in [-0.2, -0.15) is 0 Å². The number of hydrogen-bond acceptors (Lipinski definition) is 4. The highest BCUT2D eigenvalue weighted by atomic mass is 35.5. The summed E-state index contributed by atoms with van der Waals surface area (Å²) >= 11 is 5.92. The maximum absolute atomic E-state index is 12.4. The van der Waals surface area contributed by atoms with E-state index in [0.29, 0.717) is 16.5 Å². The topological polar surface area (TPSA) is 80.3 Å². The predicted molar refractivity (Wildman–Crippen MR) is 108 cm³/mol. The van der Waals surface area contributed by atoms with Crippen molar-refractivity contribution < 1.29 is 14.3 Å². The first-order chi connectivity index (χ1) is 13.6. The average Bonchev–Trinajstić information content (AvgIpc) is 2.72. The van der Waals surface area contributed by atoms with Gasteiger partial charge in [0, 0.05) is 22.8 Å². The number of amides is 2. The fourth-order valence-corrected chi connectivity index (χ4v) is 2.75. The summed E-state index contributed by atoms with van der Waals surface area (Å²) in [5, 5.41) is 6.00. The van der Waals surface area contributed by atoms with Crippen LogP contribution in [0.1, 0.15) is 26.5 Å². The van der Waals surface area contributed by atoms with E-state index in [9.17, 15) is 9.59 Å². The number of para-hydroxylation sites is 1. The quantitative estimate of drug-likeness (QED) is 0.662. The molecule has 0 radical (unpaired) electrons. The molecule has 0 saturated heterocycles. The van der Waals surface area contributed by atoms with E-state index in [4.69, 9.17) is 16.3 Å². The van der Waals surface area contributed by atoms with Gasteiger partial charge in [0.05, 0.1) is 7.11 Å². The molecule has 0 unspecified atom stereocenters. The van der Waals surface area contributed by atoms with Crippen molar-refractivity contribution in [2.45, 2.75) is 6.54 Å². The van der Waals surface area contributed by atoms with Crippen LogP contribution in [0.15, 0.2) is 66.7 Å². The molecule has 2 N–H and O–H groups in total. The number of pyridine rings is 1. The third kappa shape index (κ3) is 4.86. The molecule has 7 heteroatoms. The summed E-state index contributed by atoms with van der Waals surface area (Å²) in [7, 11) is 1.57. The second-order valence-electron chi connectivity index (χ2n) is 5.87. The van der Waals surface area contributed by atoms with Crippen LogP contribution in [-0.2, 0) is 6.54 Å². The Morgan fingerprint density at radius 3 is 2.43 bits per heavy atom. The molecule has 3 aromatic rings. The number of carbonyl (C=O) groups is 2. The van der Waals surface area contributed by atoms with Crippen LogP contribution < -0.4 is 15.4 Å². The van der Waals surface area contributed by atoms with E-state index in [2.05, 4.69) is 15.6 Å². The number of carbonyl (C=O) groups excluding carboxylic acids is 2. The minimum absolute atomic E-state index is 0.130. The lowest BCUT2D eigenvalue weighted by atomic mass is 10.2. The highest BCUT2D eigenvalue weighted by molar-refractivity contribution is 6.30. The smallest absolute Gasteiger partial charge is 0.274 e. The van der Waals surface area contributed by atoms with Crippen LogP contribution in [-0.4, -0.2) is 23.9 Å². The van der Waals surface area contributed by atoms with Crippen molar-refractivity contribution in [3.05, 3.63) is 88.7 Å². The Bertz CT molecular complexity index is 1010. The lowest BCUT2D eigenvalue weighted by Crippen LogP contribution is -2.25. The van der Waals surface area contributed by atoms with Gasteiger partial charge in [-0.05, 0) is 36.4 Å². The van der Waals surface area contributed by atoms with Gasteiger partial charge in [0.2, 0.25) is 0 Å². The molecule has 142 valence electrons. The maximum Gasteiger partial charge on any atom is 0.274 e. The van der Waals surface area contributed by atoms with Crippen LogP contribution in [0.2, 0.25) is 5.02 Å². The molecule has 3 rings (SSSR count). The van der Waals surface area contributed by atoms with E-state index in [0.717, 1.165) is 5.56 Å². The van der Waals surface area contributed by atoms with Gasteiger partial charge < -0.3 is 15.4 Å². The van der Waals surface area contributed by atoms with E-state index < -0.39 is 5.91 Å². The summed E-state index contributed by atoms with van der Waals surface area (Å²) in [6.45, 7) is 0.281. The van der Waals surface area contributed by atoms with Crippen LogP contribution in [0, 0.1) is 0 Å². The van der Waals surface area contributed by atoms with Gasteiger partial charge in [-0.25, -0.2) is 4.98 Å². The monoisotopic (exact) mass is 395 g/mol. The molecule has 0 aliphatic carbocycles. The number of aromatic nitrogens is 1. The Morgan fingerprint density at radius 1 is 0.964 bits per heavy atom. The van der Waals surface area contributed by atoms with Crippen molar-refractivity contribution in [2.24, 2.45) is 0 Å². The van der Waals surface area contributed by atoms with E-state index in [-0.39, 0.29) is 23.8 Å². The zero-order chi connectivity index (χ0) is 19.9. The second-order valence-corrected chi connectivity index (χ2v) is 6.30.